The highest BCUT2D eigenvalue weighted by Gasteiger charge is 2.30. The molecule has 5 nitrogen and oxygen atoms in total. The zero-order chi connectivity index (χ0) is 15.1. The Balaban J connectivity index is 2.20. The molecule has 0 bridgehead atoms. The summed E-state index contributed by atoms with van der Waals surface area (Å²) in [4.78, 5) is 14.5. The van der Waals surface area contributed by atoms with E-state index in [1.54, 1.807) is 0 Å². The summed E-state index contributed by atoms with van der Waals surface area (Å²) < 4.78 is 5.52. The van der Waals surface area contributed by atoms with Gasteiger partial charge in [-0.15, -0.1) is 0 Å². The van der Waals surface area contributed by atoms with E-state index in [0.717, 1.165) is 25.2 Å². The summed E-state index contributed by atoms with van der Waals surface area (Å²) in [5.41, 5.74) is 2.32. The Labute approximate surface area is 126 Å². The highest BCUT2D eigenvalue weighted by atomic mass is 16.5. The van der Waals surface area contributed by atoms with Gasteiger partial charge in [0.05, 0.1) is 13.2 Å². The van der Waals surface area contributed by atoms with Gasteiger partial charge in [-0.05, 0) is 25.1 Å². The van der Waals surface area contributed by atoms with Crippen LogP contribution in [0.25, 0.3) is 0 Å². The van der Waals surface area contributed by atoms with E-state index < -0.39 is 0 Å². The van der Waals surface area contributed by atoms with Crippen molar-refractivity contribution in [2.24, 2.45) is 0 Å². The molecule has 0 aliphatic carbocycles. The maximum atomic E-state index is 12.4. The molecule has 116 valence electrons. The molecule has 21 heavy (non-hydrogen) atoms. The number of hydrogen-bond donors (Lipinski definition) is 2. The van der Waals surface area contributed by atoms with Crippen LogP contribution in [-0.2, 0) is 16.1 Å². The molecule has 0 radical (unpaired) electrons. The first kappa shape index (κ1) is 15.8. The maximum absolute atomic E-state index is 12.4. The van der Waals surface area contributed by atoms with E-state index in [4.69, 9.17) is 4.74 Å². The van der Waals surface area contributed by atoms with Crippen LogP contribution >= 0.6 is 0 Å². The van der Waals surface area contributed by atoms with Crippen molar-refractivity contribution < 1.29 is 9.53 Å². The van der Waals surface area contributed by atoms with E-state index in [1.165, 1.54) is 5.56 Å². The van der Waals surface area contributed by atoms with Crippen LogP contribution in [0.3, 0.4) is 0 Å². The number of carbonyl (C=O) groups is 1. The lowest BCUT2D eigenvalue weighted by Crippen LogP contribution is -2.54. The Morgan fingerprint density at radius 1 is 1.43 bits per heavy atom. The monoisotopic (exact) mass is 291 g/mol. The second-order valence-electron chi connectivity index (χ2n) is 5.23. The molecule has 1 aromatic carbocycles. The molecule has 2 N–H and O–H groups in total. The van der Waals surface area contributed by atoms with E-state index >= 15 is 0 Å². The average Bonchev–Trinajstić information content (AvgIpc) is 2.53. The minimum absolute atomic E-state index is 0.0517. The Morgan fingerprint density at radius 3 is 3.00 bits per heavy atom. The summed E-state index contributed by atoms with van der Waals surface area (Å²) in [6, 6.07) is 7.98. The molecular formula is C16H25N3O2. The number of hydrogen-bond acceptors (Lipinski definition) is 4. The number of carbonyl (C=O) groups excluding carboxylic acids is 1. The van der Waals surface area contributed by atoms with Crippen LogP contribution in [0, 0.1) is 0 Å². The minimum Gasteiger partial charge on any atom is -0.377 e. The number of morpholine rings is 1. The summed E-state index contributed by atoms with van der Waals surface area (Å²) >= 11 is 0. The first-order chi connectivity index (χ1) is 10.3. The molecule has 5 heteroatoms. The quantitative estimate of drug-likeness (QED) is 0.825. The van der Waals surface area contributed by atoms with Gasteiger partial charge in [0, 0.05) is 25.3 Å². The largest absolute Gasteiger partial charge is 0.377 e. The molecule has 1 atom stereocenters. The normalized spacial score (nSPS) is 18.6. The van der Waals surface area contributed by atoms with E-state index in [0.29, 0.717) is 19.8 Å². The molecule has 1 heterocycles. The number of ether oxygens (including phenoxy) is 1. The van der Waals surface area contributed by atoms with Crippen LogP contribution in [0.15, 0.2) is 24.3 Å². The molecule has 1 amide bonds. The van der Waals surface area contributed by atoms with Crippen molar-refractivity contribution in [1.82, 2.24) is 10.6 Å². The van der Waals surface area contributed by atoms with E-state index in [2.05, 4.69) is 34.6 Å². The standard InChI is InChI=1S/C16H25N3O2/c1-3-8-18-16(20)15-12-21-10-9-19(15)14-7-5-4-6-13(14)11-17-2/h4-7,15,17H,3,8-12H2,1-2H3,(H,18,20). The van der Waals surface area contributed by atoms with Gasteiger partial charge in [-0.25, -0.2) is 0 Å². The highest BCUT2D eigenvalue weighted by Crippen LogP contribution is 2.24. The van der Waals surface area contributed by atoms with E-state index in [1.807, 2.05) is 19.2 Å². The number of para-hydroxylation sites is 1. The van der Waals surface area contributed by atoms with Gasteiger partial charge in [-0.2, -0.15) is 0 Å². The van der Waals surface area contributed by atoms with Gasteiger partial charge >= 0.3 is 0 Å². The lowest BCUT2D eigenvalue weighted by molar-refractivity contribution is -0.124. The first-order valence-corrected chi connectivity index (χ1v) is 7.62. The second-order valence-corrected chi connectivity index (χ2v) is 5.23. The minimum atomic E-state index is -0.247. The summed E-state index contributed by atoms with van der Waals surface area (Å²) in [6.07, 6.45) is 0.940. The van der Waals surface area contributed by atoms with Gasteiger partial charge in [0.15, 0.2) is 0 Å². The third-order valence-electron chi connectivity index (χ3n) is 3.65. The smallest absolute Gasteiger partial charge is 0.245 e. The van der Waals surface area contributed by atoms with Gasteiger partial charge in [0.25, 0.3) is 0 Å². The van der Waals surface area contributed by atoms with Crippen LogP contribution in [0.5, 0.6) is 0 Å². The predicted molar refractivity (Wildman–Crippen MR) is 84.5 cm³/mol. The predicted octanol–water partition coefficient (Wildman–Crippen LogP) is 1.14. The lowest BCUT2D eigenvalue weighted by Gasteiger charge is -2.37. The fourth-order valence-corrected chi connectivity index (χ4v) is 2.61. The topological polar surface area (TPSA) is 53.6 Å². The van der Waals surface area contributed by atoms with Crippen LogP contribution in [0.1, 0.15) is 18.9 Å². The molecule has 1 aliphatic heterocycles. The molecule has 2 rings (SSSR count). The van der Waals surface area contributed by atoms with Crippen LogP contribution in [0.2, 0.25) is 0 Å². The fourth-order valence-electron chi connectivity index (χ4n) is 2.61. The molecular weight excluding hydrogens is 266 g/mol. The second kappa shape index (κ2) is 8.00. The third-order valence-corrected chi connectivity index (χ3v) is 3.65. The molecule has 0 spiro atoms. The van der Waals surface area contributed by atoms with Gasteiger partial charge in [-0.1, -0.05) is 25.1 Å². The van der Waals surface area contributed by atoms with Crippen molar-refractivity contribution in [3.63, 3.8) is 0 Å². The van der Waals surface area contributed by atoms with E-state index in [-0.39, 0.29) is 11.9 Å². The van der Waals surface area contributed by atoms with Gasteiger partial charge in [-0.3, -0.25) is 4.79 Å². The summed E-state index contributed by atoms with van der Waals surface area (Å²) in [7, 11) is 1.93. The van der Waals surface area contributed by atoms with E-state index in [9.17, 15) is 4.79 Å². The lowest BCUT2D eigenvalue weighted by atomic mass is 10.1. The summed E-state index contributed by atoms with van der Waals surface area (Å²) in [5, 5.41) is 6.16. The van der Waals surface area contributed by atoms with Crippen LogP contribution < -0.4 is 15.5 Å². The van der Waals surface area contributed by atoms with Crippen LogP contribution in [-0.4, -0.2) is 45.3 Å². The number of benzene rings is 1. The first-order valence-electron chi connectivity index (χ1n) is 7.62. The zero-order valence-corrected chi connectivity index (χ0v) is 12.9. The van der Waals surface area contributed by atoms with Crippen molar-refractivity contribution in [2.75, 3.05) is 38.3 Å². The Morgan fingerprint density at radius 2 is 2.24 bits per heavy atom. The molecule has 0 saturated carbocycles. The van der Waals surface area contributed by atoms with Gasteiger partial charge in [0.1, 0.15) is 6.04 Å². The molecule has 1 aromatic rings. The Hall–Kier alpha value is -1.59. The van der Waals surface area contributed by atoms with Crippen molar-refractivity contribution in [3.8, 4) is 0 Å². The van der Waals surface area contributed by atoms with Crippen molar-refractivity contribution in [3.05, 3.63) is 29.8 Å². The third kappa shape index (κ3) is 3.95. The maximum Gasteiger partial charge on any atom is 0.245 e. The van der Waals surface area contributed by atoms with Crippen molar-refractivity contribution in [2.45, 2.75) is 25.9 Å². The number of nitrogens with zero attached hydrogens (tertiary/aromatic N) is 1. The van der Waals surface area contributed by atoms with Crippen molar-refractivity contribution >= 4 is 11.6 Å². The molecule has 0 aromatic heterocycles. The molecule has 1 saturated heterocycles. The summed E-state index contributed by atoms with van der Waals surface area (Å²) in [5.74, 6) is 0.0517. The highest BCUT2D eigenvalue weighted by molar-refractivity contribution is 5.86. The zero-order valence-electron chi connectivity index (χ0n) is 12.9. The van der Waals surface area contributed by atoms with Crippen LogP contribution in [0.4, 0.5) is 5.69 Å². The Kier molecular flexibility index (Phi) is 6.02. The average molecular weight is 291 g/mol. The van der Waals surface area contributed by atoms with Gasteiger partial charge in [0.2, 0.25) is 5.91 Å². The molecule has 1 fully saturated rings. The number of nitrogens with one attached hydrogen (secondary N) is 2. The van der Waals surface area contributed by atoms with Gasteiger partial charge < -0.3 is 20.3 Å². The number of rotatable bonds is 6. The number of amides is 1. The molecule has 1 aliphatic rings. The Bertz CT molecular complexity index is 465. The SMILES string of the molecule is CCCNC(=O)C1COCCN1c1ccccc1CNC. The molecule has 1 unspecified atom stereocenters. The number of anilines is 1. The van der Waals surface area contributed by atoms with Crippen molar-refractivity contribution in [1.29, 1.82) is 0 Å². The fraction of sp³-hybridized carbons (Fsp3) is 0.562. The summed E-state index contributed by atoms with van der Waals surface area (Å²) in [6.45, 7) is 5.40.